The molecule has 0 radical (unpaired) electrons. The number of rotatable bonds is 2. The first-order chi connectivity index (χ1) is 9.56. The van der Waals surface area contributed by atoms with E-state index in [4.69, 9.17) is 5.73 Å². The summed E-state index contributed by atoms with van der Waals surface area (Å²) >= 11 is 3.35. The quantitative estimate of drug-likeness (QED) is 0.741. The van der Waals surface area contributed by atoms with E-state index in [1.807, 2.05) is 0 Å². The third-order valence-electron chi connectivity index (χ3n) is 2.72. The number of halogens is 1. The number of nitrogens with two attached hydrogens (primary N) is 1. The van der Waals surface area contributed by atoms with Crippen molar-refractivity contribution in [1.29, 1.82) is 0 Å². The number of aromatic carboxylic acids is 1. The number of carbonyl (C=O) groups is 1. The maximum atomic E-state index is 11.3. The molecule has 0 atom stereocenters. The molecular weight excluding hydrogens is 326 g/mol. The average molecular weight is 334 g/mol. The fraction of sp³-hybridized carbons (Fsp3) is 0. The molecule has 2 aromatic heterocycles. The highest BCUT2D eigenvalue weighted by molar-refractivity contribution is 9.10. The molecule has 7 nitrogen and oxygen atoms in total. The van der Waals surface area contributed by atoms with Crippen LogP contribution in [0.25, 0.3) is 16.7 Å². The minimum Gasteiger partial charge on any atom is -0.476 e. The standard InChI is InChI=1S/C12H8BrN5O2/c13-6-1-2-7-8(5-6)18(17-10(7)11(19)20)9-3-4-15-12(14)16-9/h1-5H,(H,19,20)(H2,14,15,16). The molecule has 0 saturated carbocycles. The zero-order valence-corrected chi connectivity index (χ0v) is 11.6. The molecule has 0 spiro atoms. The number of benzene rings is 1. The van der Waals surface area contributed by atoms with Gasteiger partial charge in [0.05, 0.1) is 5.52 Å². The second kappa shape index (κ2) is 4.57. The topological polar surface area (TPSA) is 107 Å². The third-order valence-corrected chi connectivity index (χ3v) is 3.22. The Balaban J connectivity index is 2.35. The van der Waals surface area contributed by atoms with E-state index in [2.05, 4.69) is 31.0 Å². The lowest BCUT2D eigenvalue weighted by molar-refractivity contribution is 0.0692. The monoisotopic (exact) mass is 333 g/mol. The zero-order valence-electron chi connectivity index (χ0n) is 9.99. The predicted octanol–water partition coefficient (Wildman–Crippen LogP) is 1.86. The van der Waals surface area contributed by atoms with Crippen LogP contribution in [0.5, 0.6) is 0 Å². The summed E-state index contributed by atoms with van der Waals surface area (Å²) < 4.78 is 2.24. The van der Waals surface area contributed by atoms with Crippen molar-refractivity contribution in [3.63, 3.8) is 0 Å². The van der Waals surface area contributed by atoms with Crippen molar-refractivity contribution in [3.8, 4) is 5.82 Å². The van der Waals surface area contributed by atoms with E-state index in [9.17, 15) is 9.90 Å². The van der Waals surface area contributed by atoms with E-state index in [1.54, 1.807) is 24.3 Å². The van der Waals surface area contributed by atoms with Gasteiger partial charge in [0.1, 0.15) is 0 Å². The maximum absolute atomic E-state index is 11.3. The molecule has 1 aromatic carbocycles. The summed E-state index contributed by atoms with van der Waals surface area (Å²) in [5.74, 6) is -0.593. The van der Waals surface area contributed by atoms with Gasteiger partial charge in [0, 0.05) is 22.1 Å². The van der Waals surface area contributed by atoms with Gasteiger partial charge in [-0.25, -0.2) is 14.5 Å². The highest BCUT2D eigenvalue weighted by Gasteiger charge is 2.18. The molecule has 0 amide bonds. The second-order valence-electron chi connectivity index (χ2n) is 4.00. The number of hydrogen-bond donors (Lipinski definition) is 2. The summed E-state index contributed by atoms with van der Waals surface area (Å²) in [6.45, 7) is 0. The minimum atomic E-state index is -1.10. The van der Waals surface area contributed by atoms with Crippen molar-refractivity contribution in [3.05, 3.63) is 40.6 Å². The van der Waals surface area contributed by atoms with Crippen molar-refractivity contribution < 1.29 is 9.90 Å². The zero-order chi connectivity index (χ0) is 14.3. The summed E-state index contributed by atoms with van der Waals surface area (Å²) in [5.41, 5.74) is 6.13. The SMILES string of the molecule is Nc1nccc(-n2nc(C(=O)O)c3ccc(Br)cc32)n1. The molecular formula is C12H8BrN5O2. The van der Waals surface area contributed by atoms with Gasteiger partial charge in [0.15, 0.2) is 11.5 Å². The van der Waals surface area contributed by atoms with Gasteiger partial charge in [-0.3, -0.25) is 0 Å². The smallest absolute Gasteiger partial charge is 0.357 e. The van der Waals surface area contributed by atoms with Crippen LogP contribution in [-0.4, -0.2) is 30.8 Å². The van der Waals surface area contributed by atoms with Crippen molar-refractivity contribution >= 4 is 38.8 Å². The number of carboxylic acids is 1. The molecule has 0 aliphatic rings. The van der Waals surface area contributed by atoms with Crippen LogP contribution in [0.2, 0.25) is 0 Å². The van der Waals surface area contributed by atoms with Crippen LogP contribution < -0.4 is 5.73 Å². The molecule has 100 valence electrons. The summed E-state index contributed by atoms with van der Waals surface area (Å²) in [6.07, 6.45) is 1.49. The van der Waals surface area contributed by atoms with Crippen LogP contribution in [0.1, 0.15) is 10.5 Å². The maximum Gasteiger partial charge on any atom is 0.357 e. The molecule has 3 rings (SSSR count). The van der Waals surface area contributed by atoms with Crippen molar-refractivity contribution in [2.45, 2.75) is 0 Å². The Morgan fingerprint density at radius 2 is 2.15 bits per heavy atom. The van der Waals surface area contributed by atoms with E-state index < -0.39 is 5.97 Å². The molecule has 20 heavy (non-hydrogen) atoms. The Bertz CT molecular complexity index is 830. The first-order valence-electron chi connectivity index (χ1n) is 5.57. The van der Waals surface area contributed by atoms with E-state index in [1.165, 1.54) is 10.9 Å². The number of hydrogen-bond acceptors (Lipinski definition) is 5. The highest BCUT2D eigenvalue weighted by atomic mass is 79.9. The molecule has 0 fully saturated rings. The molecule has 8 heteroatoms. The largest absolute Gasteiger partial charge is 0.476 e. The van der Waals surface area contributed by atoms with Crippen LogP contribution in [0.3, 0.4) is 0 Å². The van der Waals surface area contributed by atoms with Crippen LogP contribution in [0.15, 0.2) is 34.9 Å². The number of nitrogens with zero attached hydrogens (tertiary/aromatic N) is 4. The summed E-state index contributed by atoms with van der Waals surface area (Å²) in [7, 11) is 0. The molecule has 0 aliphatic carbocycles. The fourth-order valence-electron chi connectivity index (χ4n) is 1.90. The van der Waals surface area contributed by atoms with Crippen LogP contribution in [0, 0.1) is 0 Å². The Kier molecular flexibility index (Phi) is 2.87. The molecule has 0 unspecified atom stereocenters. The molecule has 2 heterocycles. The van der Waals surface area contributed by atoms with Crippen molar-refractivity contribution in [1.82, 2.24) is 19.7 Å². The van der Waals surface area contributed by atoms with Crippen LogP contribution in [-0.2, 0) is 0 Å². The molecule has 0 saturated heterocycles. The second-order valence-corrected chi connectivity index (χ2v) is 4.92. The Morgan fingerprint density at radius 1 is 1.35 bits per heavy atom. The summed E-state index contributed by atoms with van der Waals surface area (Å²) in [6, 6.07) is 6.83. The normalized spacial score (nSPS) is 10.8. The molecule has 3 N–H and O–H groups in total. The number of nitrogen functional groups attached to an aromatic ring is 1. The van der Waals surface area contributed by atoms with Gasteiger partial charge in [0.2, 0.25) is 5.95 Å². The van der Waals surface area contributed by atoms with Gasteiger partial charge in [-0.05, 0) is 18.2 Å². The van der Waals surface area contributed by atoms with Gasteiger partial charge >= 0.3 is 5.97 Å². The average Bonchev–Trinajstić information content (AvgIpc) is 2.77. The predicted molar refractivity (Wildman–Crippen MR) is 75.7 cm³/mol. The van der Waals surface area contributed by atoms with Crippen LogP contribution in [0.4, 0.5) is 5.95 Å². The van der Waals surface area contributed by atoms with Gasteiger partial charge in [0.25, 0.3) is 0 Å². The third kappa shape index (κ3) is 1.99. The molecule has 3 aromatic rings. The van der Waals surface area contributed by atoms with Crippen molar-refractivity contribution in [2.24, 2.45) is 0 Å². The van der Waals surface area contributed by atoms with Crippen LogP contribution >= 0.6 is 15.9 Å². The minimum absolute atomic E-state index is 0.0373. The van der Waals surface area contributed by atoms with E-state index in [-0.39, 0.29) is 11.6 Å². The summed E-state index contributed by atoms with van der Waals surface area (Å²) in [4.78, 5) is 19.1. The highest BCUT2D eigenvalue weighted by Crippen LogP contribution is 2.25. The van der Waals surface area contributed by atoms with E-state index in [0.717, 1.165) is 4.47 Å². The number of carboxylic acid groups (broad SMARTS) is 1. The van der Waals surface area contributed by atoms with Gasteiger partial charge < -0.3 is 10.8 Å². The summed E-state index contributed by atoms with van der Waals surface area (Å²) in [5, 5.41) is 13.8. The lowest BCUT2D eigenvalue weighted by Gasteiger charge is -2.02. The van der Waals surface area contributed by atoms with E-state index in [0.29, 0.717) is 16.7 Å². The molecule has 0 aliphatic heterocycles. The van der Waals surface area contributed by atoms with Gasteiger partial charge in [-0.2, -0.15) is 10.1 Å². The Labute approximate surface area is 121 Å². The molecule has 0 bridgehead atoms. The Hall–Kier alpha value is -2.48. The number of anilines is 1. The Morgan fingerprint density at radius 3 is 2.85 bits per heavy atom. The number of aromatic nitrogens is 4. The number of fused-ring (bicyclic) bond motifs is 1. The first kappa shape index (κ1) is 12.5. The van der Waals surface area contributed by atoms with Gasteiger partial charge in [-0.15, -0.1) is 0 Å². The van der Waals surface area contributed by atoms with Crippen molar-refractivity contribution in [2.75, 3.05) is 5.73 Å². The fourth-order valence-corrected chi connectivity index (χ4v) is 2.25. The first-order valence-corrected chi connectivity index (χ1v) is 6.36. The lowest BCUT2D eigenvalue weighted by Crippen LogP contribution is -2.05. The lowest BCUT2D eigenvalue weighted by atomic mass is 10.2. The van der Waals surface area contributed by atoms with E-state index >= 15 is 0 Å². The van der Waals surface area contributed by atoms with Gasteiger partial charge in [-0.1, -0.05) is 15.9 Å².